The van der Waals surface area contributed by atoms with Crippen LogP contribution in [0.25, 0.3) is 0 Å². The minimum absolute atomic E-state index is 0.0472. The van der Waals surface area contributed by atoms with Crippen molar-refractivity contribution in [1.29, 1.82) is 0 Å². The zero-order valence-corrected chi connectivity index (χ0v) is 11.0. The number of carboxylic acids is 1. The summed E-state index contributed by atoms with van der Waals surface area (Å²) < 4.78 is 0. The highest BCUT2D eigenvalue weighted by atomic mass is 16.4. The first-order valence-electron chi connectivity index (χ1n) is 5.97. The smallest absolute Gasteiger partial charge is 0.303 e. The third-order valence-corrected chi connectivity index (χ3v) is 2.65. The molecule has 5 nitrogen and oxygen atoms in total. The number of carbonyl (C=O) groups excluding carboxylic acids is 1. The standard InChI is InChI=1S/C12H24N2O3/c1-9(13)8-10(15)14-7-6-12(2,3)5-4-11(16)17/h9H,4-8,13H2,1-3H3,(H,14,15)(H,16,17). The van der Waals surface area contributed by atoms with Crippen LogP contribution in [0.2, 0.25) is 0 Å². The van der Waals surface area contributed by atoms with Crippen LogP contribution in [0.1, 0.15) is 46.5 Å². The van der Waals surface area contributed by atoms with E-state index in [9.17, 15) is 9.59 Å². The molecule has 0 aliphatic rings. The van der Waals surface area contributed by atoms with Crippen molar-refractivity contribution < 1.29 is 14.7 Å². The molecule has 0 aromatic rings. The second kappa shape index (κ2) is 7.27. The number of carboxylic acid groups (broad SMARTS) is 1. The predicted octanol–water partition coefficient (Wildman–Crippen LogP) is 1.12. The highest BCUT2D eigenvalue weighted by Crippen LogP contribution is 2.25. The van der Waals surface area contributed by atoms with Gasteiger partial charge in [-0.1, -0.05) is 13.8 Å². The van der Waals surface area contributed by atoms with Crippen LogP contribution in [0.4, 0.5) is 0 Å². The van der Waals surface area contributed by atoms with Gasteiger partial charge < -0.3 is 16.2 Å². The van der Waals surface area contributed by atoms with Crippen LogP contribution in [0.5, 0.6) is 0 Å². The van der Waals surface area contributed by atoms with Gasteiger partial charge in [0.2, 0.25) is 5.91 Å². The molecule has 17 heavy (non-hydrogen) atoms. The molecular formula is C12H24N2O3. The van der Waals surface area contributed by atoms with Crippen LogP contribution in [0.15, 0.2) is 0 Å². The number of aliphatic carboxylic acids is 1. The van der Waals surface area contributed by atoms with Crippen LogP contribution in [0, 0.1) is 5.41 Å². The average molecular weight is 244 g/mol. The molecule has 1 atom stereocenters. The molecule has 0 saturated heterocycles. The molecule has 0 bridgehead atoms. The van der Waals surface area contributed by atoms with Gasteiger partial charge in [0.05, 0.1) is 0 Å². The van der Waals surface area contributed by atoms with Gasteiger partial charge in [0.25, 0.3) is 0 Å². The zero-order valence-electron chi connectivity index (χ0n) is 11.0. The Balaban J connectivity index is 3.78. The molecule has 100 valence electrons. The van der Waals surface area contributed by atoms with Crippen molar-refractivity contribution in [2.75, 3.05) is 6.54 Å². The van der Waals surface area contributed by atoms with Crippen molar-refractivity contribution in [1.82, 2.24) is 5.32 Å². The Labute approximate surface area is 103 Å². The van der Waals surface area contributed by atoms with Crippen LogP contribution in [0.3, 0.4) is 0 Å². The summed E-state index contributed by atoms with van der Waals surface area (Å²) >= 11 is 0. The van der Waals surface area contributed by atoms with Crippen molar-refractivity contribution >= 4 is 11.9 Å². The van der Waals surface area contributed by atoms with E-state index in [1.54, 1.807) is 6.92 Å². The molecule has 0 radical (unpaired) electrons. The van der Waals surface area contributed by atoms with E-state index in [1.807, 2.05) is 13.8 Å². The number of nitrogens with one attached hydrogen (secondary N) is 1. The third-order valence-electron chi connectivity index (χ3n) is 2.65. The summed E-state index contributed by atoms with van der Waals surface area (Å²) in [6.07, 6.45) is 1.88. The first-order valence-corrected chi connectivity index (χ1v) is 5.97. The summed E-state index contributed by atoms with van der Waals surface area (Å²) in [6.45, 7) is 6.37. The maximum atomic E-state index is 11.3. The highest BCUT2D eigenvalue weighted by Gasteiger charge is 2.19. The molecule has 1 unspecified atom stereocenters. The summed E-state index contributed by atoms with van der Waals surface area (Å²) in [5.74, 6) is -0.826. The lowest BCUT2D eigenvalue weighted by molar-refractivity contribution is -0.137. The van der Waals surface area contributed by atoms with Gasteiger partial charge in [0.15, 0.2) is 0 Å². The SMILES string of the molecule is CC(N)CC(=O)NCCC(C)(C)CCC(=O)O. The second-order valence-electron chi connectivity index (χ2n) is 5.34. The third kappa shape index (κ3) is 9.81. The second-order valence-corrected chi connectivity index (χ2v) is 5.34. The average Bonchev–Trinajstić information content (AvgIpc) is 2.13. The fraction of sp³-hybridized carbons (Fsp3) is 0.833. The quantitative estimate of drug-likeness (QED) is 0.596. The zero-order chi connectivity index (χ0) is 13.5. The van der Waals surface area contributed by atoms with Gasteiger partial charge in [-0.25, -0.2) is 0 Å². The molecule has 0 saturated carbocycles. The van der Waals surface area contributed by atoms with E-state index in [0.717, 1.165) is 6.42 Å². The van der Waals surface area contributed by atoms with Crippen molar-refractivity contribution in [3.63, 3.8) is 0 Å². The Morgan fingerprint density at radius 2 is 1.94 bits per heavy atom. The van der Waals surface area contributed by atoms with Crippen molar-refractivity contribution in [3.05, 3.63) is 0 Å². The molecule has 1 amide bonds. The molecule has 0 spiro atoms. The molecule has 4 N–H and O–H groups in total. The largest absolute Gasteiger partial charge is 0.481 e. The van der Waals surface area contributed by atoms with Gasteiger partial charge in [-0.2, -0.15) is 0 Å². The van der Waals surface area contributed by atoms with Crippen molar-refractivity contribution in [3.8, 4) is 0 Å². The summed E-state index contributed by atoms with van der Waals surface area (Å²) in [4.78, 5) is 21.8. The molecule has 0 fully saturated rings. The maximum Gasteiger partial charge on any atom is 0.303 e. The highest BCUT2D eigenvalue weighted by molar-refractivity contribution is 5.76. The number of hydrogen-bond donors (Lipinski definition) is 3. The van der Waals surface area contributed by atoms with Gasteiger partial charge in [-0.05, 0) is 25.2 Å². The van der Waals surface area contributed by atoms with Gasteiger partial charge >= 0.3 is 5.97 Å². The van der Waals surface area contributed by atoms with Gasteiger partial charge in [-0.3, -0.25) is 9.59 Å². The Kier molecular flexibility index (Phi) is 6.80. The summed E-state index contributed by atoms with van der Waals surface area (Å²) in [7, 11) is 0. The van der Waals surface area contributed by atoms with Crippen molar-refractivity contribution in [2.45, 2.75) is 52.5 Å². The Morgan fingerprint density at radius 1 is 1.35 bits per heavy atom. The molecule has 0 heterocycles. The Morgan fingerprint density at radius 3 is 2.41 bits per heavy atom. The number of hydrogen-bond acceptors (Lipinski definition) is 3. The van der Waals surface area contributed by atoms with E-state index >= 15 is 0 Å². The lowest BCUT2D eigenvalue weighted by Gasteiger charge is -2.23. The monoisotopic (exact) mass is 244 g/mol. The van der Waals surface area contributed by atoms with Gasteiger partial charge in [0, 0.05) is 25.4 Å². The van der Waals surface area contributed by atoms with E-state index < -0.39 is 5.97 Å². The molecule has 0 aromatic carbocycles. The molecule has 0 rings (SSSR count). The fourth-order valence-electron chi connectivity index (χ4n) is 1.48. The predicted molar refractivity (Wildman–Crippen MR) is 66.5 cm³/mol. The van der Waals surface area contributed by atoms with Crippen LogP contribution >= 0.6 is 0 Å². The van der Waals surface area contributed by atoms with E-state index in [-0.39, 0.29) is 23.8 Å². The molecule has 0 aliphatic heterocycles. The van der Waals surface area contributed by atoms with E-state index in [2.05, 4.69) is 5.32 Å². The summed E-state index contributed by atoms with van der Waals surface area (Å²) in [5, 5.41) is 11.4. The lowest BCUT2D eigenvalue weighted by Crippen LogP contribution is -2.32. The fourth-order valence-corrected chi connectivity index (χ4v) is 1.48. The van der Waals surface area contributed by atoms with Gasteiger partial charge in [-0.15, -0.1) is 0 Å². The van der Waals surface area contributed by atoms with E-state index in [0.29, 0.717) is 19.4 Å². The summed E-state index contributed by atoms with van der Waals surface area (Å²) in [6, 6.07) is -0.130. The van der Waals surface area contributed by atoms with Crippen LogP contribution in [-0.2, 0) is 9.59 Å². The van der Waals surface area contributed by atoms with E-state index in [1.165, 1.54) is 0 Å². The number of amides is 1. The molecular weight excluding hydrogens is 220 g/mol. The van der Waals surface area contributed by atoms with Crippen LogP contribution in [-0.4, -0.2) is 29.6 Å². The van der Waals surface area contributed by atoms with E-state index in [4.69, 9.17) is 10.8 Å². The number of carbonyl (C=O) groups is 2. The number of nitrogens with two attached hydrogens (primary N) is 1. The Hall–Kier alpha value is -1.10. The minimum Gasteiger partial charge on any atom is -0.481 e. The van der Waals surface area contributed by atoms with Crippen molar-refractivity contribution in [2.24, 2.45) is 11.1 Å². The lowest BCUT2D eigenvalue weighted by atomic mass is 9.84. The topological polar surface area (TPSA) is 92.4 Å². The maximum absolute atomic E-state index is 11.3. The molecule has 0 aromatic heterocycles. The van der Waals surface area contributed by atoms with Gasteiger partial charge in [0.1, 0.15) is 0 Å². The Bertz CT molecular complexity index is 262. The minimum atomic E-state index is -0.779. The summed E-state index contributed by atoms with van der Waals surface area (Å²) in [5.41, 5.74) is 5.44. The molecule has 5 heteroatoms. The first-order chi connectivity index (χ1) is 7.73. The normalized spacial score (nSPS) is 13.2. The van der Waals surface area contributed by atoms with Crippen LogP contribution < -0.4 is 11.1 Å². The number of rotatable bonds is 8. The molecule has 0 aliphatic carbocycles. The first kappa shape index (κ1) is 15.9.